The number of rotatable bonds is 10. The standard InChI is InChI=1S/C32H41ClN6O6S/c1-4-21-17-26(29(42-2)18-27(21)39-9-7-22(8-10-39)38-11-13-43-14-12-38)36-32-34-19-24(33)31(37-32)35-25-5-6-28-30(45-16-15-44-28)23(25)20-46(3,40)41/h5-6,17-19,22H,4,7-16,20H2,1-3H3,(H2,34,35,36,37). The van der Waals surface area contributed by atoms with Gasteiger partial charge in [0.05, 0.1) is 38.0 Å². The number of aryl methyl sites for hydroxylation is 1. The highest BCUT2D eigenvalue weighted by molar-refractivity contribution is 7.89. The van der Waals surface area contributed by atoms with Crippen LogP contribution in [0, 0.1) is 0 Å². The van der Waals surface area contributed by atoms with Gasteiger partial charge in [-0.25, -0.2) is 13.4 Å². The van der Waals surface area contributed by atoms with E-state index < -0.39 is 9.84 Å². The van der Waals surface area contributed by atoms with Crippen molar-refractivity contribution in [3.63, 3.8) is 0 Å². The smallest absolute Gasteiger partial charge is 0.229 e. The number of ether oxygens (including phenoxy) is 4. The number of sulfone groups is 1. The molecule has 0 unspecified atom stereocenters. The molecule has 0 bridgehead atoms. The second-order valence-corrected chi connectivity index (χ2v) is 14.3. The summed E-state index contributed by atoms with van der Waals surface area (Å²) >= 11 is 6.52. The summed E-state index contributed by atoms with van der Waals surface area (Å²) in [7, 11) is -1.74. The van der Waals surface area contributed by atoms with Gasteiger partial charge in [0, 0.05) is 61.5 Å². The van der Waals surface area contributed by atoms with Gasteiger partial charge in [-0.1, -0.05) is 18.5 Å². The van der Waals surface area contributed by atoms with E-state index >= 15 is 0 Å². The number of halogens is 1. The summed E-state index contributed by atoms with van der Waals surface area (Å²) < 4.78 is 47.5. The Morgan fingerprint density at radius 3 is 2.50 bits per heavy atom. The Hall–Kier alpha value is -3.52. The number of morpholine rings is 1. The zero-order chi connectivity index (χ0) is 32.3. The molecule has 6 rings (SSSR count). The Bertz CT molecular complexity index is 1660. The maximum atomic E-state index is 12.3. The summed E-state index contributed by atoms with van der Waals surface area (Å²) in [6, 6.07) is 8.26. The number of nitrogens with one attached hydrogen (secondary N) is 2. The van der Waals surface area contributed by atoms with Crippen molar-refractivity contribution in [2.45, 2.75) is 38.0 Å². The van der Waals surface area contributed by atoms with Crippen molar-refractivity contribution < 1.29 is 27.4 Å². The maximum absolute atomic E-state index is 12.3. The lowest BCUT2D eigenvalue weighted by molar-refractivity contribution is 0.0115. The SMILES string of the molecule is CCc1cc(Nc2ncc(Cl)c(Nc3ccc4c(c3CS(C)(=O)=O)OCCO4)n2)c(OC)cc1N1CCC(N2CCOCC2)CC1. The second kappa shape index (κ2) is 14.1. The van der Waals surface area contributed by atoms with Crippen LogP contribution >= 0.6 is 11.6 Å². The Labute approximate surface area is 275 Å². The van der Waals surface area contributed by atoms with E-state index in [1.807, 2.05) is 0 Å². The van der Waals surface area contributed by atoms with E-state index in [9.17, 15) is 8.42 Å². The number of piperidine rings is 1. The molecule has 1 aromatic heterocycles. The normalized spacial score (nSPS) is 17.5. The van der Waals surface area contributed by atoms with Crippen molar-refractivity contribution in [2.24, 2.45) is 0 Å². The van der Waals surface area contributed by atoms with Crippen LogP contribution in [0.5, 0.6) is 17.2 Å². The van der Waals surface area contributed by atoms with Gasteiger partial charge < -0.3 is 34.5 Å². The Balaban J connectivity index is 1.23. The van der Waals surface area contributed by atoms with Crippen LogP contribution < -0.4 is 29.7 Å². The molecule has 2 fully saturated rings. The van der Waals surface area contributed by atoms with Crippen LogP contribution in [0.15, 0.2) is 30.5 Å². The summed E-state index contributed by atoms with van der Waals surface area (Å²) in [5.41, 5.74) is 4.05. The fourth-order valence-corrected chi connectivity index (χ4v) is 7.28. The molecule has 4 heterocycles. The van der Waals surface area contributed by atoms with E-state index in [1.165, 1.54) is 23.7 Å². The van der Waals surface area contributed by atoms with Gasteiger partial charge in [-0.3, -0.25) is 4.90 Å². The van der Waals surface area contributed by atoms with E-state index in [4.69, 9.17) is 30.5 Å². The Morgan fingerprint density at radius 2 is 1.78 bits per heavy atom. The van der Waals surface area contributed by atoms with E-state index in [-0.39, 0.29) is 10.8 Å². The molecule has 0 amide bonds. The fraction of sp³-hybridized carbons (Fsp3) is 0.500. The fourth-order valence-electron chi connectivity index (χ4n) is 6.33. The number of benzene rings is 2. The van der Waals surface area contributed by atoms with Gasteiger partial charge >= 0.3 is 0 Å². The third-order valence-electron chi connectivity index (χ3n) is 8.61. The van der Waals surface area contributed by atoms with E-state index in [2.05, 4.69) is 49.5 Å². The van der Waals surface area contributed by atoms with Crippen molar-refractivity contribution in [3.8, 4) is 17.2 Å². The van der Waals surface area contributed by atoms with E-state index in [0.717, 1.165) is 64.3 Å². The lowest BCUT2D eigenvalue weighted by atomic mass is 10.00. The molecule has 2 saturated heterocycles. The van der Waals surface area contributed by atoms with Crippen LogP contribution in [0.25, 0.3) is 0 Å². The van der Waals surface area contributed by atoms with Gasteiger partial charge in [-0.05, 0) is 43.0 Å². The number of hydrogen-bond acceptors (Lipinski definition) is 12. The zero-order valence-corrected chi connectivity index (χ0v) is 28.0. The number of fused-ring (bicyclic) bond motifs is 1. The topological polar surface area (TPSA) is 127 Å². The highest BCUT2D eigenvalue weighted by atomic mass is 35.5. The van der Waals surface area contributed by atoms with Crippen LogP contribution in [0.3, 0.4) is 0 Å². The van der Waals surface area contributed by atoms with Crippen LogP contribution in [0.4, 0.5) is 28.8 Å². The quantitative estimate of drug-likeness (QED) is 0.307. The first-order valence-corrected chi connectivity index (χ1v) is 18.1. The molecule has 14 heteroatoms. The van der Waals surface area contributed by atoms with E-state index in [1.54, 1.807) is 19.2 Å². The second-order valence-electron chi connectivity index (χ2n) is 11.7. The van der Waals surface area contributed by atoms with Crippen molar-refractivity contribution in [3.05, 3.63) is 46.6 Å². The number of anilines is 5. The highest BCUT2D eigenvalue weighted by Crippen LogP contribution is 2.41. The van der Waals surface area contributed by atoms with Crippen LogP contribution in [0.2, 0.25) is 5.02 Å². The molecule has 3 aromatic rings. The first-order chi connectivity index (χ1) is 22.2. The van der Waals surface area contributed by atoms with Crippen LogP contribution in [-0.4, -0.2) is 95.3 Å². The molecule has 0 radical (unpaired) electrons. The first-order valence-electron chi connectivity index (χ1n) is 15.7. The van der Waals surface area contributed by atoms with E-state index in [0.29, 0.717) is 59.5 Å². The first kappa shape index (κ1) is 32.4. The van der Waals surface area contributed by atoms with Gasteiger partial charge in [-0.15, -0.1) is 0 Å². The van der Waals surface area contributed by atoms with Crippen LogP contribution in [-0.2, 0) is 26.7 Å². The summed E-state index contributed by atoms with van der Waals surface area (Å²) in [5, 5.41) is 6.78. The zero-order valence-electron chi connectivity index (χ0n) is 26.5. The Kier molecular flexibility index (Phi) is 9.92. The molecule has 0 atom stereocenters. The highest BCUT2D eigenvalue weighted by Gasteiger charge is 2.28. The number of nitrogens with zero attached hydrogens (tertiary/aromatic N) is 4. The summed E-state index contributed by atoms with van der Waals surface area (Å²) in [6.07, 6.45) is 5.76. The predicted molar refractivity (Wildman–Crippen MR) is 180 cm³/mol. The number of methoxy groups -OCH3 is 1. The average molecular weight is 673 g/mol. The summed E-state index contributed by atoms with van der Waals surface area (Å²) in [5.74, 6) is 1.93. The molecular formula is C32H41ClN6O6S. The van der Waals surface area contributed by atoms with Gasteiger partial charge in [0.2, 0.25) is 5.95 Å². The lowest BCUT2D eigenvalue weighted by Crippen LogP contribution is -2.49. The molecule has 3 aliphatic rings. The molecule has 0 spiro atoms. The molecular weight excluding hydrogens is 632 g/mol. The lowest BCUT2D eigenvalue weighted by Gasteiger charge is -2.41. The van der Waals surface area contributed by atoms with Gasteiger partial charge in [0.1, 0.15) is 24.0 Å². The Morgan fingerprint density at radius 1 is 1.02 bits per heavy atom. The molecule has 46 heavy (non-hydrogen) atoms. The minimum Gasteiger partial charge on any atom is -0.494 e. The monoisotopic (exact) mass is 672 g/mol. The summed E-state index contributed by atoms with van der Waals surface area (Å²) in [4.78, 5) is 14.1. The average Bonchev–Trinajstić information content (AvgIpc) is 3.07. The van der Waals surface area contributed by atoms with Crippen molar-refractivity contribution >= 4 is 50.3 Å². The largest absolute Gasteiger partial charge is 0.494 e. The van der Waals surface area contributed by atoms with Gasteiger partial charge in [0.25, 0.3) is 0 Å². The van der Waals surface area contributed by atoms with Crippen molar-refractivity contribution in [2.75, 3.05) is 81.5 Å². The number of aromatic nitrogens is 2. The summed E-state index contributed by atoms with van der Waals surface area (Å²) in [6.45, 7) is 8.52. The van der Waals surface area contributed by atoms with Crippen LogP contribution in [0.1, 0.15) is 30.9 Å². The molecule has 2 N–H and O–H groups in total. The minimum atomic E-state index is -3.40. The predicted octanol–water partition coefficient (Wildman–Crippen LogP) is 4.81. The van der Waals surface area contributed by atoms with Crippen molar-refractivity contribution in [1.29, 1.82) is 0 Å². The van der Waals surface area contributed by atoms with Gasteiger partial charge in [0.15, 0.2) is 27.2 Å². The molecule has 3 aliphatic heterocycles. The molecule has 0 aliphatic carbocycles. The molecule has 2 aromatic carbocycles. The third-order valence-corrected chi connectivity index (χ3v) is 9.70. The van der Waals surface area contributed by atoms with Gasteiger partial charge in [-0.2, -0.15) is 4.98 Å². The molecule has 248 valence electrons. The third kappa shape index (κ3) is 7.38. The number of hydrogen-bond donors (Lipinski definition) is 2. The molecule has 12 nitrogen and oxygen atoms in total. The maximum Gasteiger partial charge on any atom is 0.229 e. The van der Waals surface area contributed by atoms with Crippen molar-refractivity contribution in [1.82, 2.24) is 14.9 Å². The molecule has 0 saturated carbocycles. The minimum absolute atomic E-state index is 0.246.